The maximum atomic E-state index is 14.6. The van der Waals surface area contributed by atoms with Crippen LogP contribution in [0.2, 0.25) is 5.02 Å². The number of amides is 1. The summed E-state index contributed by atoms with van der Waals surface area (Å²) >= 11 is 7.50. The van der Waals surface area contributed by atoms with Crippen LogP contribution in [-0.2, 0) is 21.4 Å². The zero-order valence-electron chi connectivity index (χ0n) is 21.8. The van der Waals surface area contributed by atoms with Crippen LogP contribution in [0.15, 0.2) is 76.8 Å². The van der Waals surface area contributed by atoms with E-state index in [0.717, 1.165) is 36.7 Å². The maximum Gasteiger partial charge on any atom is 0.240 e. The molecule has 0 unspecified atom stereocenters. The number of nitrogens with one attached hydrogen (secondary N) is 2. The minimum atomic E-state index is -3.61. The molecule has 1 amide bonds. The van der Waals surface area contributed by atoms with Gasteiger partial charge in [0.15, 0.2) is 5.16 Å². The number of thioether (sulfide) groups is 1. The van der Waals surface area contributed by atoms with Gasteiger partial charge in [0.2, 0.25) is 21.7 Å². The number of nitrogens with zero attached hydrogens (tertiary/aromatic N) is 4. The van der Waals surface area contributed by atoms with Gasteiger partial charge in [-0.25, -0.2) is 17.5 Å². The largest absolute Gasteiger partial charge is 0.325 e. The molecule has 212 valence electrons. The lowest BCUT2D eigenvalue weighted by atomic mass is 10.2. The number of carbonyl (C=O) groups is 1. The molecule has 13 heteroatoms. The Morgan fingerprint density at radius 1 is 1.00 bits per heavy atom. The molecule has 0 saturated heterocycles. The first kappa shape index (κ1) is 27.7. The van der Waals surface area contributed by atoms with Crippen molar-refractivity contribution < 1.29 is 17.6 Å². The first-order valence-electron chi connectivity index (χ1n) is 13.1. The van der Waals surface area contributed by atoms with Crippen LogP contribution >= 0.6 is 23.4 Å². The van der Waals surface area contributed by atoms with Crippen LogP contribution in [0.3, 0.4) is 0 Å². The number of hydrogen-bond acceptors (Lipinski definition) is 6. The lowest BCUT2D eigenvalue weighted by Gasteiger charge is -2.13. The monoisotopic (exact) mass is 612 g/mol. The number of carbonyl (C=O) groups excluding carboxylic acids is 1. The average Bonchev–Trinajstić information content (AvgIpc) is 3.68. The van der Waals surface area contributed by atoms with Crippen LogP contribution < -0.4 is 10.0 Å². The summed E-state index contributed by atoms with van der Waals surface area (Å²) in [6.07, 6.45) is 3.76. The fourth-order valence-corrected chi connectivity index (χ4v) is 7.37. The van der Waals surface area contributed by atoms with E-state index >= 15 is 0 Å². The molecule has 2 N–H and O–H groups in total. The number of para-hydroxylation sites is 2. The number of hydrogen-bond donors (Lipinski definition) is 2. The lowest BCUT2D eigenvalue weighted by Crippen LogP contribution is -2.32. The highest BCUT2D eigenvalue weighted by molar-refractivity contribution is 7.99. The molecule has 3 aromatic carbocycles. The van der Waals surface area contributed by atoms with Crippen molar-refractivity contribution in [3.8, 4) is 0 Å². The van der Waals surface area contributed by atoms with Gasteiger partial charge in [0.05, 0.1) is 28.2 Å². The van der Waals surface area contributed by atoms with E-state index in [2.05, 4.69) is 20.2 Å². The number of benzene rings is 3. The standard InChI is InChI=1S/C28H26ClFN6O3S2/c29-22-8-5-9-23(30)21(22)16-35-24-10-3-4-11-25(24)36-27(35)32-33-28(36)40-17-26(37)31-18-12-14-20(15-13-18)41(38,39)34-19-6-1-2-7-19/h3-5,8-15,19,34H,1-2,6-7,16-17H2,(H,31,37). The molecule has 0 bridgehead atoms. The summed E-state index contributed by atoms with van der Waals surface area (Å²) in [5.41, 5.74) is 2.47. The Kier molecular flexibility index (Phi) is 7.73. The van der Waals surface area contributed by atoms with Gasteiger partial charge in [0.1, 0.15) is 5.82 Å². The summed E-state index contributed by atoms with van der Waals surface area (Å²) in [4.78, 5) is 12.9. The van der Waals surface area contributed by atoms with Crippen LogP contribution in [0.25, 0.3) is 16.8 Å². The second kappa shape index (κ2) is 11.4. The van der Waals surface area contributed by atoms with Crippen molar-refractivity contribution in [2.75, 3.05) is 11.1 Å². The summed E-state index contributed by atoms with van der Waals surface area (Å²) in [6, 6.07) is 18.3. The highest BCUT2D eigenvalue weighted by Crippen LogP contribution is 2.29. The lowest BCUT2D eigenvalue weighted by molar-refractivity contribution is -0.113. The molecule has 1 aliphatic rings. The van der Waals surface area contributed by atoms with E-state index < -0.39 is 15.8 Å². The summed E-state index contributed by atoms with van der Waals surface area (Å²) in [7, 11) is -3.61. The maximum absolute atomic E-state index is 14.6. The van der Waals surface area contributed by atoms with Crippen molar-refractivity contribution in [3.63, 3.8) is 0 Å². The Morgan fingerprint density at radius 3 is 2.46 bits per heavy atom. The number of sulfonamides is 1. The Hall–Kier alpha value is -3.45. The van der Waals surface area contributed by atoms with Gasteiger partial charge in [-0.2, -0.15) is 0 Å². The molecule has 1 aliphatic carbocycles. The van der Waals surface area contributed by atoms with Crippen LogP contribution in [0.1, 0.15) is 31.2 Å². The highest BCUT2D eigenvalue weighted by atomic mass is 35.5. The van der Waals surface area contributed by atoms with E-state index in [1.54, 1.807) is 24.3 Å². The topological polar surface area (TPSA) is 110 Å². The van der Waals surface area contributed by atoms with E-state index in [-0.39, 0.29) is 29.1 Å². The third kappa shape index (κ3) is 5.69. The summed E-state index contributed by atoms with van der Waals surface area (Å²) < 4.78 is 46.3. The molecule has 9 nitrogen and oxygen atoms in total. The third-order valence-electron chi connectivity index (χ3n) is 7.11. The number of anilines is 1. The third-order valence-corrected chi connectivity index (χ3v) is 9.93. The first-order chi connectivity index (χ1) is 19.8. The van der Waals surface area contributed by atoms with Crippen LogP contribution in [0.4, 0.5) is 10.1 Å². The minimum absolute atomic E-state index is 0.0219. The molecule has 5 aromatic rings. The predicted molar refractivity (Wildman–Crippen MR) is 157 cm³/mol. The fourth-order valence-electron chi connectivity index (χ4n) is 5.10. The van der Waals surface area contributed by atoms with Crippen molar-refractivity contribution in [3.05, 3.63) is 83.1 Å². The normalized spacial score (nSPS) is 14.3. The second-order valence-corrected chi connectivity index (χ2v) is 12.9. The highest BCUT2D eigenvalue weighted by Gasteiger charge is 2.23. The SMILES string of the molecule is O=C(CSc1nnc2n(Cc3c(F)cccc3Cl)c3ccccc3n12)Nc1ccc(S(=O)(=O)NC2CCCC2)cc1. The molecule has 1 saturated carbocycles. The minimum Gasteiger partial charge on any atom is -0.325 e. The van der Waals surface area contributed by atoms with Gasteiger partial charge in [-0.15, -0.1) is 10.2 Å². The van der Waals surface area contributed by atoms with E-state index in [1.165, 1.54) is 30.0 Å². The molecule has 2 aromatic heterocycles. The summed E-state index contributed by atoms with van der Waals surface area (Å²) in [6.45, 7) is 0.160. The van der Waals surface area contributed by atoms with Gasteiger partial charge in [0.25, 0.3) is 0 Å². The molecule has 0 spiro atoms. The van der Waals surface area contributed by atoms with Crippen LogP contribution in [0.5, 0.6) is 0 Å². The molecule has 41 heavy (non-hydrogen) atoms. The van der Waals surface area contributed by atoms with Gasteiger partial charge in [-0.1, -0.05) is 54.4 Å². The zero-order valence-corrected chi connectivity index (χ0v) is 24.1. The molecular formula is C28H26ClFN6O3S2. The number of rotatable bonds is 9. The fraction of sp³-hybridized carbons (Fsp3) is 0.250. The van der Waals surface area contributed by atoms with Crippen molar-refractivity contribution in [1.82, 2.24) is 23.9 Å². The van der Waals surface area contributed by atoms with E-state index in [1.807, 2.05) is 33.2 Å². The Balaban J connectivity index is 1.16. The van der Waals surface area contributed by atoms with Crippen LogP contribution in [0, 0.1) is 5.82 Å². The van der Waals surface area contributed by atoms with Gasteiger partial charge in [-0.3, -0.25) is 9.20 Å². The van der Waals surface area contributed by atoms with Crippen molar-refractivity contribution >= 4 is 61.8 Å². The van der Waals surface area contributed by atoms with Gasteiger partial charge < -0.3 is 9.88 Å². The average molecular weight is 613 g/mol. The Morgan fingerprint density at radius 2 is 1.73 bits per heavy atom. The van der Waals surface area contributed by atoms with Crippen molar-refractivity contribution in [1.29, 1.82) is 0 Å². The number of imidazole rings is 1. The van der Waals surface area contributed by atoms with Gasteiger partial charge >= 0.3 is 0 Å². The molecular weight excluding hydrogens is 587 g/mol. The quantitative estimate of drug-likeness (QED) is 0.213. The number of fused-ring (bicyclic) bond motifs is 3. The molecule has 0 radical (unpaired) electrons. The first-order valence-corrected chi connectivity index (χ1v) is 15.9. The van der Waals surface area contributed by atoms with E-state index in [4.69, 9.17) is 11.6 Å². The predicted octanol–water partition coefficient (Wildman–Crippen LogP) is 5.48. The van der Waals surface area contributed by atoms with E-state index in [9.17, 15) is 17.6 Å². The molecule has 0 atom stereocenters. The van der Waals surface area contributed by atoms with Gasteiger partial charge in [-0.05, 0) is 61.4 Å². The molecule has 6 rings (SSSR count). The Labute approximate surface area is 245 Å². The smallest absolute Gasteiger partial charge is 0.240 e. The van der Waals surface area contributed by atoms with E-state index in [0.29, 0.717) is 27.2 Å². The second-order valence-electron chi connectivity index (χ2n) is 9.86. The zero-order chi connectivity index (χ0) is 28.6. The number of halogens is 2. The van der Waals surface area contributed by atoms with Crippen LogP contribution in [-0.4, -0.2) is 45.3 Å². The van der Waals surface area contributed by atoms with Crippen molar-refractivity contribution in [2.45, 2.75) is 48.3 Å². The van der Waals surface area contributed by atoms with Gasteiger partial charge in [0, 0.05) is 22.3 Å². The number of aromatic nitrogens is 4. The molecule has 0 aliphatic heterocycles. The molecule has 2 heterocycles. The Bertz CT molecular complexity index is 1830. The summed E-state index contributed by atoms with van der Waals surface area (Å²) in [5.74, 6) is -0.150. The van der Waals surface area contributed by atoms with Crippen molar-refractivity contribution in [2.24, 2.45) is 0 Å². The summed E-state index contributed by atoms with van der Waals surface area (Å²) in [5, 5.41) is 12.2. The molecule has 1 fully saturated rings.